The number of benzene rings is 3. The molecule has 1 N–H and O–H groups in total. The Hall–Kier alpha value is -2.87. The lowest BCUT2D eigenvalue weighted by Crippen LogP contribution is -1.77. The molecule has 2 heterocycles. The number of hydrogen-bond acceptors (Lipinski definition) is 1. The summed E-state index contributed by atoms with van der Waals surface area (Å²) < 4.78 is 0. The second-order valence-corrected chi connectivity index (χ2v) is 5.47. The van der Waals surface area contributed by atoms with Gasteiger partial charge in [0.1, 0.15) is 5.65 Å². The number of rotatable bonds is 0. The molecule has 0 fully saturated rings. The Balaban J connectivity index is 1.99. The van der Waals surface area contributed by atoms with Gasteiger partial charge in [-0.05, 0) is 57.9 Å². The maximum Gasteiger partial charge on any atom is 0.138 e. The molecule has 0 spiro atoms. The fourth-order valence-electron chi connectivity index (χ4n) is 3.17. The van der Waals surface area contributed by atoms with E-state index in [2.05, 4.69) is 64.6 Å². The van der Waals surface area contributed by atoms with Gasteiger partial charge in [0.25, 0.3) is 0 Å². The van der Waals surface area contributed by atoms with E-state index in [1.54, 1.807) is 0 Å². The third kappa shape index (κ3) is 1.50. The van der Waals surface area contributed by atoms with Gasteiger partial charge in [0.05, 0.1) is 0 Å². The molecule has 98 valence electrons. The standard InChI is InChI=1S/C19H12N2/c1-2-5-13-9-15-11-18-17(10-14(15)8-12(13)4-1)16-6-3-7-20-19(16)21-18/h1-11H,(H,20,21). The molecule has 0 saturated heterocycles. The van der Waals surface area contributed by atoms with Crippen LogP contribution in [0.3, 0.4) is 0 Å². The summed E-state index contributed by atoms with van der Waals surface area (Å²) in [4.78, 5) is 7.82. The molecule has 0 radical (unpaired) electrons. The molecule has 2 aromatic heterocycles. The lowest BCUT2D eigenvalue weighted by molar-refractivity contribution is 1.35. The van der Waals surface area contributed by atoms with Crippen molar-refractivity contribution in [3.05, 3.63) is 66.9 Å². The molecule has 2 heteroatoms. The average Bonchev–Trinajstić information content (AvgIpc) is 2.88. The van der Waals surface area contributed by atoms with Crippen LogP contribution in [-0.4, -0.2) is 9.97 Å². The molecule has 0 saturated carbocycles. The summed E-state index contributed by atoms with van der Waals surface area (Å²) >= 11 is 0. The number of nitrogens with zero attached hydrogens (tertiary/aromatic N) is 1. The third-order valence-corrected chi connectivity index (χ3v) is 4.19. The monoisotopic (exact) mass is 268 g/mol. The summed E-state index contributed by atoms with van der Waals surface area (Å²) in [7, 11) is 0. The number of aromatic nitrogens is 2. The van der Waals surface area contributed by atoms with Gasteiger partial charge in [0, 0.05) is 22.5 Å². The van der Waals surface area contributed by atoms with Crippen molar-refractivity contribution in [2.24, 2.45) is 0 Å². The van der Waals surface area contributed by atoms with Crippen molar-refractivity contribution in [2.75, 3.05) is 0 Å². The Bertz CT molecular complexity index is 1130. The number of nitrogens with one attached hydrogen (secondary N) is 1. The van der Waals surface area contributed by atoms with Crippen molar-refractivity contribution < 1.29 is 0 Å². The van der Waals surface area contributed by atoms with Gasteiger partial charge in [-0.15, -0.1) is 0 Å². The average molecular weight is 268 g/mol. The van der Waals surface area contributed by atoms with Gasteiger partial charge >= 0.3 is 0 Å². The first-order chi connectivity index (χ1) is 10.4. The largest absolute Gasteiger partial charge is 0.339 e. The fourth-order valence-corrected chi connectivity index (χ4v) is 3.17. The van der Waals surface area contributed by atoms with E-state index in [1.165, 1.54) is 32.3 Å². The van der Waals surface area contributed by atoms with Gasteiger partial charge < -0.3 is 4.98 Å². The van der Waals surface area contributed by atoms with Crippen molar-refractivity contribution in [3.63, 3.8) is 0 Å². The predicted octanol–water partition coefficient (Wildman–Crippen LogP) is 5.02. The molecular formula is C19H12N2. The minimum atomic E-state index is 0.951. The molecular weight excluding hydrogens is 256 g/mol. The van der Waals surface area contributed by atoms with Gasteiger partial charge in [-0.1, -0.05) is 24.3 Å². The second-order valence-electron chi connectivity index (χ2n) is 5.47. The number of fused-ring (bicyclic) bond motifs is 5. The second kappa shape index (κ2) is 3.83. The number of hydrogen-bond donors (Lipinski definition) is 1. The van der Waals surface area contributed by atoms with Crippen LogP contribution in [0.5, 0.6) is 0 Å². The molecule has 0 amide bonds. The quantitative estimate of drug-likeness (QED) is 0.392. The number of aromatic amines is 1. The van der Waals surface area contributed by atoms with Crippen LogP contribution in [0.4, 0.5) is 0 Å². The van der Waals surface area contributed by atoms with Crippen LogP contribution in [0.1, 0.15) is 0 Å². The lowest BCUT2D eigenvalue weighted by Gasteiger charge is -2.03. The molecule has 3 aromatic carbocycles. The van der Waals surface area contributed by atoms with Crippen LogP contribution < -0.4 is 0 Å². The summed E-state index contributed by atoms with van der Waals surface area (Å²) in [6.45, 7) is 0. The molecule has 0 unspecified atom stereocenters. The molecule has 0 atom stereocenters. The van der Waals surface area contributed by atoms with Crippen molar-refractivity contribution in [2.45, 2.75) is 0 Å². The minimum Gasteiger partial charge on any atom is -0.339 e. The van der Waals surface area contributed by atoms with Crippen LogP contribution in [-0.2, 0) is 0 Å². The molecule has 5 rings (SSSR count). The van der Waals surface area contributed by atoms with Crippen molar-refractivity contribution in [1.82, 2.24) is 9.97 Å². The summed E-state index contributed by atoms with van der Waals surface area (Å²) in [6.07, 6.45) is 1.83. The maximum atomic E-state index is 4.41. The smallest absolute Gasteiger partial charge is 0.138 e. The van der Waals surface area contributed by atoms with E-state index in [9.17, 15) is 0 Å². The van der Waals surface area contributed by atoms with Gasteiger partial charge in [-0.2, -0.15) is 0 Å². The zero-order chi connectivity index (χ0) is 13.8. The summed E-state index contributed by atoms with van der Waals surface area (Å²) in [5, 5.41) is 7.50. The van der Waals surface area contributed by atoms with E-state index in [0.29, 0.717) is 0 Å². The first kappa shape index (κ1) is 10.9. The first-order valence-corrected chi connectivity index (χ1v) is 7.07. The molecule has 2 nitrogen and oxygen atoms in total. The van der Waals surface area contributed by atoms with E-state index in [0.717, 1.165) is 11.2 Å². The van der Waals surface area contributed by atoms with E-state index in [4.69, 9.17) is 0 Å². The summed E-state index contributed by atoms with van der Waals surface area (Å²) in [6, 6.07) is 21.6. The maximum absolute atomic E-state index is 4.41. The summed E-state index contributed by atoms with van der Waals surface area (Å²) in [5.41, 5.74) is 2.10. The normalized spacial score (nSPS) is 11.8. The van der Waals surface area contributed by atoms with E-state index >= 15 is 0 Å². The Morgan fingerprint density at radius 2 is 1.43 bits per heavy atom. The van der Waals surface area contributed by atoms with Crippen molar-refractivity contribution in [1.29, 1.82) is 0 Å². The Labute approximate surface area is 121 Å². The Morgan fingerprint density at radius 1 is 0.667 bits per heavy atom. The van der Waals surface area contributed by atoms with Crippen LogP contribution in [0.2, 0.25) is 0 Å². The van der Waals surface area contributed by atoms with Crippen LogP contribution in [0.15, 0.2) is 66.9 Å². The Kier molecular flexibility index (Phi) is 1.98. The first-order valence-electron chi connectivity index (χ1n) is 7.07. The topological polar surface area (TPSA) is 28.7 Å². The van der Waals surface area contributed by atoms with Crippen LogP contribution in [0.25, 0.3) is 43.5 Å². The summed E-state index contributed by atoms with van der Waals surface area (Å²) in [5.74, 6) is 0. The highest BCUT2D eigenvalue weighted by molar-refractivity contribution is 6.12. The zero-order valence-corrected chi connectivity index (χ0v) is 11.3. The third-order valence-electron chi connectivity index (χ3n) is 4.19. The van der Waals surface area contributed by atoms with E-state index < -0.39 is 0 Å². The minimum absolute atomic E-state index is 0.951. The van der Waals surface area contributed by atoms with Crippen LogP contribution >= 0.6 is 0 Å². The molecule has 0 aliphatic carbocycles. The van der Waals surface area contributed by atoms with E-state index in [1.807, 2.05) is 12.3 Å². The lowest BCUT2D eigenvalue weighted by atomic mass is 10.0. The fraction of sp³-hybridized carbons (Fsp3) is 0. The van der Waals surface area contributed by atoms with Gasteiger partial charge in [-0.25, -0.2) is 4.98 Å². The molecule has 21 heavy (non-hydrogen) atoms. The number of H-pyrrole nitrogens is 1. The van der Waals surface area contributed by atoms with E-state index in [-0.39, 0.29) is 0 Å². The van der Waals surface area contributed by atoms with Gasteiger partial charge in [-0.3, -0.25) is 0 Å². The number of pyridine rings is 1. The molecule has 0 aliphatic heterocycles. The Morgan fingerprint density at radius 3 is 2.24 bits per heavy atom. The SMILES string of the molecule is c1ccc2cc3cc4c(cc3cc2c1)[nH]c1ncccc14. The molecule has 0 bridgehead atoms. The van der Waals surface area contributed by atoms with Crippen LogP contribution in [0, 0.1) is 0 Å². The highest BCUT2D eigenvalue weighted by atomic mass is 14.8. The van der Waals surface area contributed by atoms with Gasteiger partial charge in [0.15, 0.2) is 0 Å². The van der Waals surface area contributed by atoms with Gasteiger partial charge in [0.2, 0.25) is 0 Å². The van der Waals surface area contributed by atoms with Crippen molar-refractivity contribution in [3.8, 4) is 0 Å². The highest BCUT2D eigenvalue weighted by Gasteiger charge is 2.06. The predicted molar refractivity (Wildman–Crippen MR) is 88.6 cm³/mol. The highest BCUT2D eigenvalue weighted by Crippen LogP contribution is 2.30. The zero-order valence-electron chi connectivity index (χ0n) is 11.3. The molecule has 5 aromatic rings. The van der Waals surface area contributed by atoms with Crippen molar-refractivity contribution >= 4 is 43.5 Å². The molecule has 0 aliphatic rings.